The molecule has 0 aromatic carbocycles. The van der Waals surface area contributed by atoms with Crippen LogP contribution in [0.15, 0.2) is 5.16 Å². The van der Waals surface area contributed by atoms with Gasteiger partial charge in [0.1, 0.15) is 5.60 Å². The molecule has 0 bridgehead atoms. The van der Waals surface area contributed by atoms with Crippen molar-refractivity contribution in [1.82, 2.24) is 4.90 Å². The molecule has 4 heteroatoms. The third-order valence-electron chi connectivity index (χ3n) is 5.72. The quantitative estimate of drug-likeness (QED) is 0.517. The van der Waals surface area contributed by atoms with Crippen molar-refractivity contribution in [3.05, 3.63) is 0 Å². The van der Waals surface area contributed by atoms with Crippen LogP contribution in [0.3, 0.4) is 0 Å². The molecule has 2 rings (SSSR count). The van der Waals surface area contributed by atoms with E-state index in [-0.39, 0.29) is 5.60 Å². The van der Waals surface area contributed by atoms with Crippen molar-refractivity contribution in [3.63, 3.8) is 0 Å². The van der Waals surface area contributed by atoms with Gasteiger partial charge in [0.15, 0.2) is 0 Å². The van der Waals surface area contributed by atoms with Crippen LogP contribution in [0, 0.1) is 11.8 Å². The summed E-state index contributed by atoms with van der Waals surface area (Å²) in [7, 11) is 0. The number of hydrogen-bond acceptors (Lipinski definition) is 3. The Balaban J connectivity index is 1.78. The zero-order chi connectivity index (χ0) is 17.6. The van der Waals surface area contributed by atoms with E-state index in [1.807, 2.05) is 4.90 Å². The van der Waals surface area contributed by atoms with Crippen molar-refractivity contribution in [2.24, 2.45) is 17.0 Å². The number of carbonyl (C=O) groups is 1. The fraction of sp³-hybridized carbons (Fsp3) is 0.900. The molecule has 0 spiro atoms. The standard InChI is InChI=1S/C20H36N2O2/c1-16(2)10-11-19(23)22-14-12-20(4,13-15-22)24-21-17(3)18-8-6-5-7-9-18/h16,18H,5-15H2,1-4H3. The van der Waals surface area contributed by atoms with Gasteiger partial charge in [-0.15, -0.1) is 0 Å². The first-order valence-corrected chi connectivity index (χ1v) is 9.90. The molecule has 0 aromatic heterocycles. The number of oxime groups is 1. The van der Waals surface area contributed by atoms with Crippen LogP contribution >= 0.6 is 0 Å². The Kier molecular flexibility index (Phi) is 7.12. The van der Waals surface area contributed by atoms with E-state index in [0.29, 0.717) is 24.2 Å². The summed E-state index contributed by atoms with van der Waals surface area (Å²) in [6.45, 7) is 10.2. The van der Waals surface area contributed by atoms with Crippen molar-refractivity contribution in [1.29, 1.82) is 0 Å². The molecule has 1 heterocycles. The second kappa shape index (κ2) is 8.87. The van der Waals surface area contributed by atoms with Gasteiger partial charge in [-0.2, -0.15) is 0 Å². The van der Waals surface area contributed by atoms with Crippen LogP contribution in [0.2, 0.25) is 0 Å². The highest BCUT2D eigenvalue weighted by atomic mass is 16.6. The zero-order valence-electron chi connectivity index (χ0n) is 16.1. The summed E-state index contributed by atoms with van der Waals surface area (Å²) in [5.41, 5.74) is 0.941. The maximum absolute atomic E-state index is 12.2. The summed E-state index contributed by atoms with van der Waals surface area (Å²) in [4.78, 5) is 20.2. The van der Waals surface area contributed by atoms with Gasteiger partial charge in [0.2, 0.25) is 5.91 Å². The van der Waals surface area contributed by atoms with Gasteiger partial charge in [-0.25, -0.2) is 0 Å². The second-order valence-electron chi connectivity index (χ2n) is 8.42. The Morgan fingerprint density at radius 3 is 2.42 bits per heavy atom. The summed E-state index contributed by atoms with van der Waals surface area (Å²) >= 11 is 0. The molecule has 2 fully saturated rings. The van der Waals surface area contributed by atoms with Gasteiger partial charge >= 0.3 is 0 Å². The molecule has 1 saturated heterocycles. The molecule has 1 aliphatic carbocycles. The van der Waals surface area contributed by atoms with E-state index in [9.17, 15) is 4.79 Å². The van der Waals surface area contributed by atoms with Crippen molar-refractivity contribution >= 4 is 11.6 Å². The van der Waals surface area contributed by atoms with Crippen molar-refractivity contribution in [2.75, 3.05) is 13.1 Å². The summed E-state index contributed by atoms with van der Waals surface area (Å²) in [5.74, 6) is 1.50. The average Bonchev–Trinajstić information content (AvgIpc) is 2.59. The molecule has 24 heavy (non-hydrogen) atoms. The van der Waals surface area contributed by atoms with Gasteiger partial charge in [-0.1, -0.05) is 38.3 Å². The number of rotatable bonds is 6. The van der Waals surface area contributed by atoms with Crippen LogP contribution < -0.4 is 0 Å². The highest BCUT2D eigenvalue weighted by Crippen LogP contribution is 2.29. The largest absolute Gasteiger partial charge is 0.389 e. The first-order chi connectivity index (χ1) is 11.4. The van der Waals surface area contributed by atoms with Crippen LogP contribution in [-0.2, 0) is 9.63 Å². The Morgan fingerprint density at radius 2 is 1.83 bits per heavy atom. The Bertz CT molecular complexity index is 431. The van der Waals surface area contributed by atoms with E-state index in [4.69, 9.17) is 4.84 Å². The van der Waals surface area contributed by atoms with Gasteiger partial charge in [0.25, 0.3) is 0 Å². The molecule has 1 aliphatic heterocycles. The van der Waals surface area contributed by atoms with Crippen LogP contribution in [0.4, 0.5) is 0 Å². The third kappa shape index (κ3) is 5.78. The van der Waals surface area contributed by atoms with Gasteiger partial charge in [0.05, 0.1) is 5.71 Å². The number of amides is 1. The third-order valence-corrected chi connectivity index (χ3v) is 5.72. The van der Waals surface area contributed by atoms with Crippen LogP contribution in [0.1, 0.15) is 85.5 Å². The summed E-state index contributed by atoms with van der Waals surface area (Å²) in [5, 5.41) is 4.49. The number of piperidine rings is 1. The minimum Gasteiger partial charge on any atom is -0.389 e. The predicted octanol–water partition coefficient (Wildman–Crippen LogP) is 4.78. The van der Waals surface area contributed by atoms with Gasteiger partial charge < -0.3 is 9.74 Å². The second-order valence-corrected chi connectivity index (χ2v) is 8.42. The molecule has 0 aromatic rings. The molecule has 2 aliphatic rings. The molecule has 138 valence electrons. The fourth-order valence-electron chi connectivity index (χ4n) is 3.67. The van der Waals surface area contributed by atoms with E-state index in [2.05, 4.69) is 32.9 Å². The van der Waals surface area contributed by atoms with Crippen LogP contribution in [0.5, 0.6) is 0 Å². The minimum absolute atomic E-state index is 0.218. The van der Waals surface area contributed by atoms with Crippen LogP contribution in [-0.4, -0.2) is 35.2 Å². The Labute approximate surface area is 148 Å². The zero-order valence-corrected chi connectivity index (χ0v) is 16.1. The lowest BCUT2D eigenvalue weighted by molar-refractivity contribution is -0.137. The van der Waals surface area contributed by atoms with E-state index in [1.165, 1.54) is 32.1 Å². The maximum atomic E-state index is 12.2. The highest BCUT2D eigenvalue weighted by Gasteiger charge is 2.34. The lowest BCUT2D eigenvalue weighted by atomic mass is 9.86. The SMILES string of the molecule is CC(=NOC1(C)CCN(C(=O)CCC(C)C)CC1)C1CCCCC1. The number of carbonyl (C=O) groups excluding carboxylic acids is 1. The summed E-state index contributed by atoms with van der Waals surface area (Å²) < 4.78 is 0. The van der Waals surface area contributed by atoms with Crippen LogP contribution in [0.25, 0.3) is 0 Å². The lowest BCUT2D eigenvalue weighted by Crippen LogP contribution is -2.46. The normalized spacial score (nSPS) is 22.7. The van der Waals surface area contributed by atoms with Gasteiger partial charge in [0, 0.05) is 38.3 Å². The first kappa shape index (κ1) is 19.3. The lowest BCUT2D eigenvalue weighted by Gasteiger charge is -2.38. The number of likely N-dealkylation sites (tertiary alicyclic amines) is 1. The predicted molar refractivity (Wildman–Crippen MR) is 99.1 cm³/mol. The smallest absolute Gasteiger partial charge is 0.222 e. The Morgan fingerprint density at radius 1 is 1.21 bits per heavy atom. The molecule has 0 atom stereocenters. The monoisotopic (exact) mass is 336 g/mol. The molecule has 1 saturated carbocycles. The van der Waals surface area contributed by atoms with Crippen molar-refractivity contribution in [2.45, 2.75) is 91.1 Å². The molecule has 0 N–H and O–H groups in total. The minimum atomic E-state index is -0.218. The van der Waals surface area contributed by atoms with E-state index < -0.39 is 0 Å². The van der Waals surface area contributed by atoms with Crippen molar-refractivity contribution in [3.8, 4) is 0 Å². The highest BCUT2D eigenvalue weighted by molar-refractivity contribution is 5.83. The molecular formula is C20H36N2O2. The summed E-state index contributed by atoms with van der Waals surface area (Å²) in [6.07, 6.45) is 9.93. The first-order valence-electron chi connectivity index (χ1n) is 9.90. The molecule has 0 unspecified atom stereocenters. The number of nitrogens with zero attached hydrogens (tertiary/aromatic N) is 2. The summed E-state index contributed by atoms with van der Waals surface area (Å²) in [6, 6.07) is 0. The van der Waals surface area contributed by atoms with E-state index >= 15 is 0 Å². The van der Waals surface area contributed by atoms with Crippen molar-refractivity contribution < 1.29 is 9.63 Å². The Hall–Kier alpha value is -1.06. The molecular weight excluding hydrogens is 300 g/mol. The fourth-order valence-corrected chi connectivity index (χ4v) is 3.67. The average molecular weight is 337 g/mol. The van der Waals surface area contributed by atoms with Gasteiger partial charge in [-0.3, -0.25) is 4.79 Å². The number of hydrogen-bond donors (Lipinski definition) is 0. The molecule has 4 nitrogen and oxygen atoms in total. The molecule has 0 radical (unpaired) electrons. The van der Waals surface area contributed by atoms with Gasteiger partial charge in [-0.05, 0) is 39.0 Å². The van der Waals surface area contributed by atoms with E-state index in [0.717, 1.165) is 38.1 Å². The topological polar surface area (TPSA) is 41.9 Å². The maximum Gasteiger partial charge on any atom is 0.222 e. The molecule has 1 amide bonds. The van der Waals surface area contributed by atoms with E-state index in [1.54, 1.807) is 0 Å².